The van der Waals surface area contributed by atoms with Crippen molar-refractivity contribution in [2.45, 2.75) is 57.5 Å². The molecular formula is C18H26N2O. The van der Waals surface area contributed by atoms with Crippen molar-refractivity contribution < 1.29 is 4.79 Å². The molecule has 1 aliphatic carbocycles. The van der Waals surface area contributed by atoms with Crippen molar-refractivity contribution in [2.75, 3.05) is 13.1 Å². The van der Waals surface area contributed by atoms with E-state index in [1.54, 1.807) is 0 Å². The van der Waals surface area contributed by atoms with Crippen LogP contribution in [0.5, 0.6) is 0 Å². The predicted molar refractivity (Wildman–Crippen MR) is 85.1 cm³/mol. The Hall–Kier alpha value is -1.35. The van der Waals surface area contributed by atoms with E-state index in [1.165, 1.54) is 17.5 Å². The summed E-state index contributed by atoms with van der Waals surface area (Å²) in [6.07, 6.45) is 6.68. The smallest absolute Gasteiger partial charge is 0.237 e. The van der Waals surface area contributed by atoms with Gasteiger partial charge in [-0.2, -0.15) is 0 Å². The Morgan fingerprint density at radius 3 is 3.00 bits per heavy atom. The molecule has 3 heteroatoms. The average Bonchev–Trinajstić information content (AvgIpc) is 2.96. The van der Waals surface area contributed by atoms with Crippen LogP contribution >= 0.6 is 0 Å². The van der Waals surface area contributed by atoms with Crippen molar-refractivity contribution >= 4 is 5.91 Å². The number of hydrogen-bond acceptors (Lipinski definition) is 2. The van der Waals surface area contributed by atoms with Crippen LogP contribution in [0.15, 0.2) is 24.3 Å². The molecule has 1 aliphatic heterocycles. The molecule has 1 amide bonds. The van der Waals surface area contributed by atoms with Crippen LogP contribution < -0.4 is 5.32 Å². The lowest BCUT2D eigenvalue weighted by atomic mass is 9.87. The summed E-state index contributed by atoms with van der Waals surface area (Å²) in [5.74, 6) is 0.239. The fraction of sp³-hybridized carbons (Fsp3) is 0.611. The molecule has 1 fully saturated rings. The van der Waals surface area contributed by atoms with Gasteiger partial charge in [0, 0.05) is 0 Å². The van der Waals surface area contributed by atoms with Crippen LogP contribution in [-0.4, -0.2) is 29.9 Å². The van der Waals surface area contributed by atoms with E-state index in [0.29, 0.717) is 0 Å². The molecule has 21 heavy (non-hydrogen) atoms. The predicted octanol–water partition coefficient (Wildman–Crippen LogP) is 3.05. The lowest BCUT2D eigenvalue weighted by molar-refractivity contribution is -0.126. The average molecular weight is 286 g/mol. The molecular weight excluding hydrogens is 260 g/mol. The SMILES string of the molecule is CCCN1CCC[C@@H]1C(=O)N[C@@H]1CCCc2ccccc21. The first-order valence-electron chi connectivity index (χ1n) is 8.42. The Bertz CT molecular complexity index is 500. The topological polar surface area (TPSA) is 32.3 Å². The third-order valence-corrected chi connectivity index (χ3v) is 4.86. The molecule has 2 atom stereocenters. The Labute approximate surface area is 127 Å². The first kappa shape index (κ1) is 14.6. The summed E-state index contributed by atoms with van der Waals surface area (Å²) in [5.41, 5.74) is 2.74. The van der Waals surface area contributed by atoms with Crippen molar-refractivity contribution in [1.29, 1.82) is 0 Å². The molecule has 3 rings (SSSR count). The van der Waals surface area contributed by atoms with Gasteiger partial charge in [0.15, 0.2) is 0 Å². The zero-order valence-electron chi connectivity index (χ0n) is 13.0. The summed E-state index contributed by atoms with van der Waals surface area (Å²) < 4.78 is 0. The van der Waals surface area contributed by atoms with Gasteiger partial charge in [-0.15, -0.1) is 0 Å². The first-order valence-corrected chi connectivity index (χ1v) is 8.42. The second kappa shape index (κ2) is 6.61. The summed E-state index contributed by atoms with van der Waals surface area (Å²) in [6, 6.07) is 8.88. The number of fused-ring (bicyclic) bond motifs is 1. The number of nitrogens with one attached hydrogen (secondary N) is 1. The van der Waals surface area contributed by atoms with Crippen LogP contribution in [0.3, 0.4) is 0 Å². The Morgan fingerprint density at radius 2 is 2.14 bits per heavy atom. The van der Waals surface area contributed by atoms with Gasteiger partial charge in [-0.3, -0.25) is 9.69 Å². The molecule has 0 spiro atoms. The molecule has 1 N–H and O–H groups in total. The van der Waals surface area contributed by atoms with Gasteiger partial charge in [-0.25, -0.2) is 0 Å². The highest BCUT2D eigenvalue weighted by Gasteiger charge is 2.32. The molecule has 0 saturated carbocycles. The number of aryl methyl sites for hydroxylation is 1. The van der Waals surface area contributed by atoms with Gasteiger partial charge in [0.1, 0.15) is 0 Å². The lowest BCUT2D eigenvalue weighted by Crippen LogP contribution is -2.45. The zero-order valence-corrected chi connectivity index (χ0v) is 13.0. The minimum Gasteiger partial charge on any atom is -0.348 e. The van der Waals surface area contributed by atoms with Crippen LogP contribution in [-0.2, 0) is 11.2 Å². The molecule has 0 unspecified atom stereocenters. The summed E-state index contributed by atoms with van der Waals surface area (Å²) in [5, 5.41) is 3.32. The van der Waals surface area contributed by atoms with Gasteiger partial charge < -0.3 is 5.32 Å². The summed E-state index contributed by atoms with van der Waals surface area (Å²) >= 11 is 0. The van der Waals surface area contributed by atoms with Crippen molar-refractivity contribution in [2.24, 2.45) is 0 Å². The van der Waals surface area contributed by atoms with Gasteiger partial charge in [0.25, 0.3) is 0 Å². The molecule has 1 aromatic carbocycles. The van der Waals surface area contributed by atoms with Gasteiger partial charge in [-0.1, -0.05) is 31.2 Å². The van der Waals surface area contributed by atoms with Gasteiger partial charge in [0.05, 0.1) is 12.1 Å². The number of carbonyl (C=O) groups is 1. The molecule has 114 valence electrons. The highest BCUT2D eigenvalue weighted by atomic mass is 16.2. The van der Waals surface area contributed by atoms with Gasteiger partial charge in [-0.05, 0) is 62.7 Å². The van der Waals surface area contributed by atoms with Crippen LogP contribution in [0.25, 0.3) is 0 Å². The van der Waals surface area contributed by atoms with E-state index in [2.05, 4.69) is 41.4 Å². The summed E-state index contributed by atoms with van der Waals surface area (Å²) in [4.78, 5) is 15.0. The van der Waals surface area contributed by atoms with Gasteiger partial charge in [0.2, 0.25) is 5.91 Å². The van der Waals surface area contributed by atoms with E-state index >= 15 is 0 Å². The maximum atomic E-state index is 12.7. The van der Waals surface area contributed by atoms with E-state index < -0.39 is 0 Å². The quantitative estimate of drug-likeness (QED) is 0.922. The van der Waals surface area contributed by atoms with Crippen LogP contribution in [0.1, 0.15) is 56.2 Å². The molecule has 1 aromatic rings. The Balaban J connectivity index is 1.68. The third kappa shape index (κ3) is 3.13. The normalized spacial score (nSPS) is 25.6. The van der Waals surface area contributed by atoms with E-state index in [1.807, 2.05) is 0 Å². The van der Waals surface area contributed by atoms with Crippen molar-refractivity contribution in [1.82, 2.24) is 10.2 Å². The standard InChI is InChI=1S/C18H26N2O/c1-2-12-20-13-6-11-17(20)18(21)19-16-10-5-8-14-7-3-4-9-15(14)16/h3-4,7,9,16-17H,2,5-6,8,10-13H2,1H3,(H,19,21)/t16-,17-/m1/s1. The minimum absolute atomic E-state index is 0.0963. The monoisotopic (exact) mass is 286 g/mol. The number of likely N-dealkylation sites (tertiary alicyclic amines) is 1. The third-order valence-electron chi connectivity index (χ3n) is 4.86. The van der Waals surface area contributed by atoms with E-state index in [0.717, 1.165) is 45.2 Å². The molecule has 1 saturated heterocycles. The fourth-order valence-corrected chi connectivity index (χ4v) is 3.85. The highest BCUT2D eigenvalue weighted by Crippen LogP contribution is 2.30. The van der Waals surface area contributed by atoms with Crippen molar-refractivity contribution in [3.63, 3.8) is 0 Å². The first-order chi connectivity index (χ1) is 10.3. The van der Waals surface area contributed by atoms with Gasteiger partial charge >= 0.3 is 0 Å². The highest BCUT2D eigenvalue weighted by molar-refractivity contribution is 5.82. The number of nitrogens with zero attached hydrogens (tertiary/aromatic N) is 1. The summed E-state index contributed by atoms with van der Waals surface area (Å²) in [7, 11) is 0. The van der Waals surface area contributed by atoms with E-state index in [-0.39, 0.29) is 18.0 Å². The number of rotatable bonds is 4. The maximum absolute atomic E-state index is 12.7. The number of benzene rings is 1. The molecule has 2 aliphatic rings. The second-order valence-electron chi connectivity index (χ2n) is 6.35. The second-order valence-corrected chi connectivity index (χ2v) is 6.35. The largest absolute Gasteiger partial charge is 0.348 e. The van der Waals surface area contributed by atoms with Crippen molar-refractivity contribution in [3.05, 3.63) is 35.4 Å². The van der Waals surface area contributed by atoms with E-state index in [4.69, 9.17) is 0 Å². The zero-order chi connectivity index (χ0) is 14.7. The molecule has 0 radical (unpaired) electrons. The van der Waals surface area contributed by atoms with Crippen molar-refractivity contribution in [3.8, 4) is 0 Å². The van der Waals surface area contributed by atoms with E-state index in [9.17, 15) is 4.79 Å². The minimum atomic E-state index is 0.0963. The Morgan fingerprint density at radius 1 is 1.29 bits per heavy atom. The van der Waals surface area contributed by atoms with Crippen LogP contribution in [0, 0.1) is 0 Å². The lowest BCUT2D eigenvalue weighted by Gasteiger charge is -2.29. The summed E-state index contributed by atoms with van der Waals surface area (Å²) in [6.45, 7) is 4.30. The molecule has 1 heterocycles. The maximum Gasteiger partial charge on any atom is 0.237 e. The molecule has 3 nitrogen and oxygen atoms in total. The Kier molecular flexibility index (Phi) is 4.59. The molecule has 0 bridgehead atoms. The van der Waals surface area contributed by atoms with Crippen LogP contribution in [0.2, 0.25) is 0 Å². The number of carbonyl (C=O) groups excluding carboxylic acids is 1. The molecule has 0 aromatic heterocycles. The fourth-order valence-electron chi connectivity index (χ4n) is 3.85. The van der Waals surface area contributed by atoms with Crippen LogP contribution in [0.4, 0.5) is 0 Å². The number of amides is 1. The number of hydrogen-bond donors (Lipinski definition) is 1.